The first-order valence-electron chi connectivity index (χ1n) is 5.54. The largest absolute Gasteiger partial charge is 0.356 e. The molecule has 1 aliphatic rings. The number of nitrogens with zero attached hydrogens (tertiary/aromatic N) is 3. The van der Waals surface area contributed by atoms with Crippen LogP contribution in [0.1, 0.15) is 25.5 Å². The van der Waals surface area contributed by atoms with Gasteiger partial charge in [-0.1, -0.05) is 5.46 Å². The zero-order chi connectivity index (χ0) is 11.0. The van der Waals surface area contributed by atoms with E-state index in [1.54, 1.807) is 18.6 Å². The van der Waals surface area contributed by atoms with Crippen molar-refractivity contribution in [1.29, 1.82) is 0 Å². The molecule has 0 bridgehead atoms. The second kappa shape index (κ2) is 3.90. The van der Waals surface area contributed by atoms with Gasteiger partial charge >= 0.3 is 0 Å². The van der Waals surface area contributed by atoms with E-state index >= 15 is 0 Å². The third kappa shape index (κ3) is 1.51. The number of rotatable bonds is 1. The van der Waals surface area contributed by atoms with Gasteiger partial charge in [0.1, 0.15) is 7.85 Å². The second-order valence-electron chi connectivity index (χ2n) is 4.08. The van der Waals surface area contributed by atoms with Crippen LogP contribution in [-0.2, 0) is 4.74 Å². The summed E-state index contributed by atoms with van der Waals surface area (Å²) in [7, 11) is 5.93. The fraction of sp³-hybridized carbons (Fsp3) is 0.455. The Kier molecular flexibility index (Phi) is 2.40. The summed E-state index contributed by atoms with van der Waals surface area (Å²) in [6.07, 6.45) is 8.55. The molecular weight excluding hydrogens is 201 g/mol. The van der Waals surface area contributed by atoms with Crippen molar-refractivity contribution in [3.05, 3.63) is 18.6 Å². The van der Waals surface area contributed by atoms with Crippen LogP contribution in [0.4, 0.5) is 0 Å². The van der Waals surface area contributed by atoms with Crippen molar-refractivity contribution in [2.75, 3.05) is 6.61 Å². The highest BCUT2D eigenvalue weighted by molar-refractivity contribution is 6.37. The molecule has 80 valence electrons. The summed E-state index contributed by atoms with van der Waals surface area (Å²) in [5.74, 6) is 0. The fourth-order valence-corrected chi connectivity index (χ4v) is 2.16. The first-order chi connectivity index (χ1) is 7.86. The predicted molar refractivity (Wildman–Crippen MR) is 61.8 cm³/mol. The van der Waals surface area contributed by atoms with Gasteiger partial charge in [0.25, 0.3) is 0 Å². The van der Waals surface area contributed by atoms with Gasteiger partial charge in [0, 0.05) is 24.4 Å². The topological polar surface area (TPSA) is 39.9 Å². The Labute approximate surface area is 95.0 Å². The van der Waals surface area contributed by atoms with Crippen LogP contribution in [0.15, 0.2) is 18.6 Å². The molecule has 1 fully saturated rings. The second-order valence-corrected chi connectivity index (χ2v) is 4.08. The van der Waals surface area contributed by atoms with Gasteiger partial charge in [0.05, 0.1) is 11.7 Å². The molecule has 0 aliphatic carbocycles. The standard InChI is InChI=1S/C11H12BN3O/c12-9-7-13-5-8-6-14-15(11(8)9)10-3-1-2-4-16-10/h5-7,10H,1-4H2. The Morgan fingerprint density at radius 3 is 3.06 bits per heavy atom. The lowest BCUT2D eigenvalue weighted by atomic mass is 9.96. The van der Waals surface area contributed by atoms with Gasteiger partial charge in [-0.05, 0) is 19.3 Å². The summed E-state index contributed by atoms with van der Waals surface area (Å²) in [5, 5.41) is 5.32. The van der Waals surface area contributed by atoms with Crippen LogP contribution < -0.4 is 5.46 Å². The van der Waals surface area contributed by atoms with Gasteiger partial charge in [-0.2, -0.15) is 5.10 Å². The van der Waals surface area contributed by atoms with Crippen molar-refractivity contribution in [2.45, 2.75) is 25.5 Å². The monoisotopic (exact) mass is 213 g/mol. The van der Waals surface area contributed by atoms with Gasteiger partial charge < -0.3 is 4.74 Å². The number of pyridine rings is 1. The maximum absolute atomic E-state index is 5.93. The van der Waals surface area contributed by atoms with E-state index in [4.69, 9.17) is 12.6 Å². The first-order valence-corrected chi connectivity index (χ1v) is 5.54. The molecule has 1 unspecified atom stereocenters. The van der Waals surface area contributed by atoms with Crippen molar-refractivity contribution in [1.82, 2.24) is 14.8 Å². The van der Waals surface area contributed by atoms with Crippen LogP contribution in [0.5, 0.6) is 0 Å². The number of hydrogen-bond donors (Lipinski definition) is 0. The zero-order valence-corrected chi connectivity index (χ0v) is 8.97. The average molecular weight is 213 g/mol. The minimum atomic E-state index is 0.0240. The highest BCUT2D eigenvalue weighted by atomic mass is 16.5. The van der Waals surface area contributed by atoms with Crippen LogP contribution >= 0.6 is 0 Å². The third-order valence-electron chi connectivity index (χ3n) is 2.95. The lowest BCUT2D eigenvalue weighted by Gasteiger charge is -2.23. The molecule has 2 radical (unpaired) electrons. The SMILES string of the molecule is [B]c1cncc2cnn(C3CCCCO3)c12. The molecule has 0 aromatic carbocycles. The van der Waals surface area contributed by atoms with Crippen molar-refractivity contribution >= 4 is 24.2 Å². The molecule has 1 saturated heterocycles. The van der Waals surface area contributed by atoms with Crippen LogP contribution in [-0.4, -0.2) is 29.2 Å². The molecule has 5 heteroatoms. The molecule has 1 aliphatic heterocycles. The van der Waals surface area contributed by atoms with E-state index in [1.807, 2.05) is 4.68 Å². The molecule has 4 nitrogen and oxygen atoms in total. The Balaban J connectivity index is 2.09. The number of ether oxygens (including phenoxy) is 1. The molecule has 0 saturated carbocycles. The van der Waals surface area contributed by atoms with Crippen molar-refractivity contribution in [2.24, 2.45) is 0 Å². The fourth-order valence-electron chi connectivity index (χ4n) is 2.16. The normalized spacial score (nSPS) is 21.4. The molecule has 1 atom stereocenters. The maximum Gasteiger partial charge on any atom is 0.150 e. The molecule has 0 N–H and O–H groups in total. The lowest BCUT2D eigenvalue weighted by molar-refractivity contribution is -0.0366. The first kappa shape index (κ1) is 9.84. The Hall–Kier alpha value is -1.36. The number of fused-ring (bicyclic) bond motifs is 1. The number of aromatic nitrogens is 3. The van der Waals surface area contributed by atoms with Gasteiger partial charge in [0.2, 0.25) is 0 Å². The van der Waals surface area contributed by atoms with Crippen LogP contribution in [0.3, 0.4) is 0 Å². The van der Waals surface area contributed by atoms with Gasteiger partial charge in [0.15, 0.2) is 6.23 Å². The van der Waals surface area contributed by atoms with E-state index in [0.717, 1.165) is 30.4 Å². The maximum atomic E-state index is 5.93. The summed E-state index contributed by atoms with van der Waals surface area (Å²) in [4.78, 5) is 4.05. The molecule has 16 heavy (non-hydrogen) atoms. The van der Waals surface area contributed by atoms with E-state index < -0.39 is 0 Å². The molecule has 0 spiro atoms. The van der Waals surface area contributed by atoms with Gasteiger partial charge in [-0.25, -0.2) is 4.68 Å². The number of hydrogen-bond acceptors (Lipinski definition) is 3. The van der Waals surface area contributed by atoms with Crippen molar-refractivity contribution in [3.63, 3.8) is 0 Å². The lowest BCUT2D eigenvalue weighted by Crippen LogP contribution is -2.21. The zero-order valence-electron chi connectivity index (χ0n) is 8.97. The summed E-state index contributed by atoms with van der Waals surface area (Å²) in [6, 6.07) is 0. The highest BCUT2D eigenvalue weighted by Crippen LogP contribution is 2.24. The third-order valence-corrected chi connectivity index (χ3v) is 2.95. The van der Waals surface area contributed by atoms with Crippen molar-refractivity contribution < 1.29 is 4.74 Å². The van der Waals surface area contributed by atoms with Gasteiger partial charge in [-0.3, -0.25) is 4.98 Å². The Morgan fingerprint density at radius 2 is 2.25 bits per heavy atom. The highest BCUT2D eigenvalue weighted by Gasteiger charge is 2.18. The van der Waals surface area contributed by atoms with Crippen molar-refractivity contribution in [3.8, 4) is 0 Å². The molecule has 2 aromatic heterocycles. The minimum Gasteiger partial charge on any atom is -0.356 e. The molecule has 3 heterocycles. The van der Waals surface area contributed by atoms with E-state index in [1.165, 1.54) is 6.42 Å². The smallest absolute Gasteiger partial charge is 0.150 e. The van der Waals surface area contributed by atoms with Crippen LogP contribution in [0.25, 0.3) is 10.9 Å². The van der Waals surface area contributed by atoms with Gasteiger partial charge in [-0.15, -0.1) is 0 Å². The Bertz CT molecular complexity index is 505. The average Bonchev–Trinajstić information content (AvgIpc) is 2.75. The predicted octanol–water partition coefficient (Wildman–Crippen LogP) is 0.924. The van der Waals surface area contributed by atoms with E-state index in [2.05, 4.69) is 10.1 Å². The summed E-state index contributed by atoms with van der Waals surface area (Å²) in [5.41, 5.74) is 1.59. The molecule has 3 rings (SSSR count). The summed E-state index contributed by atoms with van der Waals surface area (Å²) in [6.45, 7) is 0.803. The molecule has 2 aromatic rings. The van der Waals surface area contributed by atoms with E-state index in [0.29, 0.717) is 5.46 Å². The van der Waals surface area contributed by atoms with E-state index in [-0.39, 0.29) is 6.23 Å². The molecule has 0 amide bonds. The van der Waals surface area contributed by atoms with Crippen LogP contribution in [0, 0.1) is 0 Å². The van der Waals surface area contributed by atoms with E-state index in [9.17, 15) is 0 Å². The summed E-state index contributed by atoms with van der Waals surface area (Å²) < 4.78 is 7.59. The summed E-state index contributed by atoms with van der Waals surface area (Å²) >= 11 is 0. The molecular formula is C11H12BN3O. The van der Waals surface area contributed by atoms with Crippen LogP contribution in [0.2, 0.25) is 0 Å². The quantitative estimate of drug-likeness (QED) is 0.661. The minimum absolute atomic E-state index is 0.0240. The Morgan fingerprint density at radius 1 is 1.31 bits per heavy atom.